The lowest BCUT2D eigenvalue weighted by Gasteiger charge is -2.06. The van der Waals surface area contributed by atoms with E-state index < -0.39 is 27.9 Å². The monoisotopic (exact) mass is 468 g/mol. The van der Waals surface area contributed by atoms with Gasteiger partial charge in [0, 0.05) is 21.9 Å². The molecule has 27 heavy (non-hydrogen) atoms. The lowest BCUT2D eigenvalue weighted by Crippen LogP contribution is -2.23. The van der Waals surface area contributed by atoms with E-state index in [1.165, 1.54) is 0 Å². The number of amides is 1. The van der Waals surface area contributed by atoms with Gasteiger partial charge in [-0.05, 0) is 42.3 Å². The third kappa shape index (κ3) is 4.53. The first-order valence-corrected chi connectivity index (χ1v) is 11.0. The van der Waals surface area contributed by atoms with Crippen molar-refractivity contribution in [1.82, 2.24) is 9.71 Å². The van der Waals surface area contributed by atoms with Crippen LogP contribution in [0.4, 0.5) is 0 Å². The lowest BCUT2D eigenvalue weighted by atomic mass is 10.2. The van der Waals surface area contributed by atoms with Crippen molar-refractivity contribution in [3.8, 4) is 0 Å². The van der Waals surface area contributed by atoms with E-state index >= 15 is 0 Å². The number of aromatic nitrogens is 1. The second-order valence-corrected chi connectivity index (χ2v) is 8.95. The van der Waals surface area contributed by atoms with Crippen LogP contribution in [0.2, 0.25) is 0 Å². The number of hydrogen-bond donors (Lipinski definition) is 4. The Morgan fingerprint density at radius 1 is 1.15 bits per heavy atom. The molecule has 2 atom stereocenters. The van der Waals surface area contributed by atoms with E-state index in [9.17, 15) is 13.2 Å². The van der Waals surface area contributed by atoms with Crippen LogP contribution in [0.1, 0.15) is 16.1 Å². The second-order valence-electron chi connectivity index (χ2n) is 5.74. The molecule has 2 unspecified atom stereocenters. The molecule has 7 nitrogen and oxygen atoms in total. The number of nitrogens with one attached hydrogen (secondary N) is 2. The van der Waals surface area contributed by atoms with Crippen LogP contribution in [0.5, 0.6) is 0 Å². The van der Waals surface area contributed by atoms with Crippen molar-refractivity contribution in [2.75, 3.05) is 6.54 Å². The van der Waals surface area contributed by atoms with Crippen LogP contribution in [0.15, 0.2) is 56.7 Å². The summed E-state index contributed by atoms with van der Waals surface area (Å²) in [5, 5.41) is 5.99. The molecule has 1 heterocycles. The third-order valence-electron chi connectivity index (χ3n) is 3.95. The Kier molecular flexibility index (Phi) is 6.22. The van der Waals surface area contributed by atoms with E-state index in [4.69, 9.17) is 10.9 Å². The number of halogens is 1. The van der Waals surface area contributed by atoms with E-state index in [2.05, 4.69) is 25.6 Å². The maximum atomic E-state index is 12.8. The second kappa shape index (κ2) is 8.44. The molecule has 3 aromatic rings. The predicted molar refractivity (Wildman–Crippen MR) is 110 cm³/mol. The minimum absolute atomic E-state index is 0.128. The molecule has 10 heteroatoms. The van der Waals surface area contributed by atoms with Crippen molar-refractivity contribution < 1.29 is 13.2 Å². The maximum absolute atomic E-state index is 12.8. The lowest BCUT2D eigenvalue weighted by molar-refractivity contribution is 0.0993. The summed E-state index contributed by atoms with van der Waals surface area (Å²) in [6.07, 6.45) is 0.598. The van der Waals surface area contributed by atoms with E-state index in [1.54, 1.807) is 24.3 Å². The Morgan fingerprint density at radius 3 is 2.48 bits per heavy atom. The summed E-state index contributed by atoms with van der Waals surface area (Å²) in [4.78, 5) is 15.6. The van der Waals surface area contributed by atoms with Crippen molar-refractivity contribution in [2.24, 2.45) is 10.9 Å². The van der Waals surface area contributed by atoms with Gasteiger partial charge in [0.1, 0.15) is 27.7 Å². The molecule has 6 N–H and O–H groups in total. The van der Waals surface area contributed by atoms with Gasteiger partial charge in [-0.3, -0.25) is 4.79 Å². The molecule has 0 saturated carbocycles. The molecule has 2 aromatic carbocycles. The largest absolute Gasteiger partial charge is 0.364 e. The zero-order chi connectivity index (χ0) is 19.6. The standard InChI is InChI=1S/C17H17BrN4O3S2/c18-11-3-6-14-13(9-11)16(15(22-14)17(19)23)27(25)21-8-7-10-1-4-12(5-2-10)26(20)24/h1-6,9,21-22H,7-8,20H2,(H2,19,23). The van der Waals surface area contributed by atoms with Gasteiger partial charge < -0.3 is 10.7 Å². The van der Waals surface area contributed by atoms with Crippen LogP contribution in [0.3, 0.4) is 0 Å². The van der Waals surface area contributed by atoms with Crippen molar-refractivity contribution >= 4 is 54.7 Å². The van der Waals surface area contributed by atoms with Gasteiger partial charge in [-0.2, -0.15) is 0 Å². The van der Waals surface area contributed by atoms with Gasteiger partial charge in [0.05, 0.1) is 9.79 Å². The zero-order valence-electron chi connectivity index (χ0n) is 14.0. The van der Waals surface area contributed by atoms with Crippen LogP contribution < -0.4 is 15.6 Å². The van der Waals surface area contributed by atoms with Gasteiger partial charge >= 0.3 is 0 Å². The average molecular weight is 469 g/mol. The van der Waals surface area contributed by atoms with Gasteiger partial charge in [-0.1, -0.05) is 28.1 Å². The molecule has 0 aliphatic rings. The van der Waals surface area contributed by atoms with E-state index in [-0.39, 0.29) is 5.69 Å². The van der Waals surface area contributed by atoms with Gasteiger partial charge in [-0.25, -0.2) is 18.3 Å². The number of H-pyrrole nitrogens is 1. The molecule has 0 saturated heterocycles. The Hall–Kier alpha value is -1.85. The number of nitrogens with two attached hydrogens (primary N) is 2. The topological polar surface area (TPSA) is 131 Å². The summed E-state index contributed by atoms with van der Waals surface area (Å²) >= 11 is 3.38. The smallest absolute Gasteiger partial charge is 0.266 e. The normalized spacial score (nSPS) is 13.6. The summed E-state index contributed by atoms with van der Waals surface area (Å²) in [5.74, 6) is -0.669. The first-order chi connectivity index (χ1) is 12.9. The Labute approximate surface area is 169 Å². The molecule has 0 aliphatic carbocycles. The predicted octanol–water partition coefficient (Wildman–Crippen LogP) is 1.87. The van der Waals surface area contributed by atoms with Crippen molar-refractivity contribution in [3.63, 3.8) is 0 Å². The van der Waals surface area contributed by atoms with Crippen molar-refractivity contribution in [2.45, 2.75) is 16.2 Å². The molecule has 0 aliphatic heterocycles. The summed E-state index contributed by atoms with van der Waals surface area (Å²) < 4.78 is 27.7. The number of benzene rings is 2. The molecule has 142 valence electrons. The van der Waals surface area contributed by atoms with Crippen molar-refractivity contribution in [1.29, 1.82) is 0 Å². The number of primary amides is 1. The van der Waals surface area contributed by atoms with Gasteiger partial charge in [0.15, 0.2) is 0 Å². The van der Waals surface area contributed by atoms with E-state index in [1.807, 2.05) is 18.2 Å². The summed E-state index contributed by atoms with van der Waals surface area (Å²) in [5.41, 5.74) is 7.22. The maximum Gasteiger partial charge on any atom is 0.266 e. The number of rotatable bonds is 7. The quantitative estimate of drug-likeness (QED) is 0.421. The van der Waals surface area contributed by atoms with Gasteiger partial charge in [0.2, 0.25) is 0 Å². The average Bonchev–Trinajstić information content (AvgIpc) is 3.01. The Morgan fingerprint density at radius 2 is 1.85 bits per heavy atom. The first kappa shape index (κ1) is 19.9. The first-order valence-electron chi connectivity index (χ1n) is 7.88. The Balaban J connectivity index is 1.76. The number of hydrogen-bond acceptors (Lipinski definition) is 3. The van der Waals surface area contributed by atoms with Crippen LogP contribution in [-0.2, 0) is 28.4 Å². The SMILES string of the molecule is NC(=O)c1[nH]c2ccc(Br)cc2c1S(=O)NCCc1ccc(S(N)=O)cc1. The highest BCUT2D eigenvalue weighted by Crippen LogP contribution is 2.28. The highest BCUT2D eigenvalue weighted by molar-refractivity contribution is 9.10. The van der Waals surface area contributed by atoms with Gasteiger partial charge in [-0.15, -0.1) is 0 Å². The van der Waals surface area contributed by atoms with E-state index in [0.717, 1.165) is 10.0 Å². The van der Waals surface area contributed by atoms with Crippen LogP contribution in [0, 0.1) is 0 Å². The summed E-state index contributed by atoms with van der Waals surface area (Å²) in [7, 11) is -3.13. The third-order valence-corrected chi connectivity index (χ3v) is 6.44. The fraction of sp³-hybridized carbons (Fsp3) is 0.118. The van der Waals surface area contributed by atoms with Gasteiger partial charge in [0.25, 0.3) is 5.91 Å². The fourth-order valence-electron chi connectivity index (χ4n) is 2.66. The number of aromatic amines is 1. The van der Waals surface area contributed by atoms with Crippen molar-refractivity contribution in [3.05, 3.63) is 58.2 Å². The summed E-state index contributed by atoms with van der Waals surface area (Å²) in [6.45, 7) is 0.413. The molecular formula is C17H17BrN4O3S2. The molecule has 0 spiro atoms. The van der Waals surface area contributed by atoms with Crippen LogP contribution >= 0.6 is 15.9 Å². The summed E-state index contributed by atoms with van der Waals surface area (Å²) in [6, 6.07) is 12.4. The Bertz CT molecular complexity index is 1050. The minimum Gasteiger partial charge on any atom is -0.364 e. The number of carbonyl (C=O) groups excluding carboxylic acids is 1. The highest BCUT2D eigenvalue weighted by Gasteiger charge is 2.21. The fourth-order valence-corrected chi connectivity index (χ4v) is 4.56. The minimum atomic E-state index is -1.62. The molecule has 0 radical (unpaired) electrons. The highest BCUT2D eigenvalue weighted by atomic mass is 79.9. The van der Waals surface area contributed by atoms with E-state index in [0.29, 0.717) is 33.7 Å². The molecule has 0 fully saturated rings. The molecule has 1 amide bonds. The number of carbonyl (C=O) groups is 1. The molecule has 3 rings (SSSR count). The van der Waals surface area contributed by atoms with Crippen LogP contribution in [-0.4, -0.2) is 25.9 Å². The number of fused-ring (bicyclic) bond motifs is 1. The van der Waals surface area contributed by atoms with Crippen LogP contribution in [0.25, 0.3) is 10.9 Å². The zero-order valence-corrected chi connectivity index (χ0v) is 17.2. The molecule has 1 aromatic heterocycles. The molecular weight excluding hydrogens is 452 g/mol. The molecule has 0 bridgehead atoms.